The number of likely N-dealkylation sites (tertiary alicyclic amines) is 1. The maximum atomic E-state index is 13.7. The fourth-order valence-electron chi connectivity index (χ4n) is 2.63. The van der Waals surface area contributed by atoms with Crippen LogP contribution in [0.3, 0.4) is 0 Å². The van der Waals surface area contributed by atoms with Gasteiger partial charge in [-0.3, -0.25) is 0 Å². The molecule has 0 atom stereocenters. The minimum atomic E-state index is -0.656. The Morgan fingerprint density at radius 3 is 2.33 bits per heavy atom. The van der Waals surface area contributed by atoms with Crippen molar-refractivity contribution in [1.82, 2.24) is 9.88 Å². The van der Waals surface area contributed by atoms with Crippen LogP contribution in [-0.4, -0.2) is 42.6 Å². The maximum Gasteiger partial charge on any atom is 0.168 e. The third-order valence-corrected chi connectivity index (χ3v) is 3.99. The average Bonchev–Trinajstić information content (AvgIpc) is 2.49. The summed E-state index contributed by atoms with van der Waals surface area (Å²) in [5.41, 5.74) is 0. The summed E-state index contributed by atoms with van der Waals surface area (Å²) in [7, 11) is 0. The lowest BCUT2D eigenvalue weighted by atomic mass is 9.97. The van der Waals surface area contributed by atoms with Crippen LogP contribution in [0.1, 0.15) is 26.7 Å². The van der Waals surface area contributed by atoms with Gasteiger partial charge in [0.1, 0.15) is 0 Å². The smallest absolute Gasteiger partial charge is 0.168 e. The average molecular weight is 298 g/mol. The predicted octanol–water partition coefficient (Wildman–Crippen LogP) is 2.94. The van der Waals surface area contributed by atoms with Crippen LogP contribution >= 0.6 is 0 Å². The van der Waals surface area contributed by atoms with Crippen molar-refractivity contribution in [2.45, 2.75) is 26.7 Å². The number of piperidine rings is 1. The summed E-state index contributed by atoms with van der Waals surface area (Å²) in [6.07, 6.45) is 2.20. The Morgan fingerprint density at radius 1 is 1.14 bits per heavy atom. The summed E-state index contributed by atoms with van der Waals surface area (Å²) >= 11 is 0. The van der Waals surface area contributed by atoms with E-state index in [0.717, 1.165) is 38.5 Å². The summed E-state index contributed by atoms with van der Waals surface area (Å²) in [4.78, 5) is 6.41. The van der Waals surface area contributed by atoms with Crippen molar-refractivity contribution in [1.29, 1.82) is 0 Å². The molecule has 4 nitrogen and oxygen atoms in total. The molecule has 1 saturated heterocycles. The Bertz CT molecular complexity index is 459. The fraction of sp³-hybridized carbons (Fsp3) is 0.667. The van der Waals surface area contributed by atoms with Gasteiger partial charge < -0.3 is 15.5 Å². The maximum absolute atomic E-state index is 13.7. The summed E-state index contributed by atoms with van der Waals surface area (Å²) in [5, 5.41) is 5.83. The molecule has 1 aromatic heterocycles. The molecule has 6 heteroatoms. The van der Waals surface area contributed by atoms with Gasteiger partial charge in [-0.15, -0.1) is 0 Å². The summed E-state index contributed by atoms with van der Waals surface area (Å²) in [6.45, 7) is 8.50. The first-order valence-electron chi connectivity index (χ1n) is 7.70. The second-order valence-electron chi connectivity index (χ2n) is 5.44. The Hall–Kier alpha value is -1.43. The number of nitrogens with zero attached hydrogens (tertiary/aromatic N) is 2. The van der Waals surface area contributed by atoms with E-state index < -0.39 is 11.6 Å². The van der Waals surface area contributed by atoms with Gasteiger partial charge in [0.15, 0.2) is 23.3 Å². The first-order valence-corrected chi connectivity index (χ1v) is 7.70. The van der Waals surface area contributed by atoms with Crippen LogP contribution in [0.25, 0.3) is 0 Å². The van der Waals surface area contributed by atoms with E-state index in [-0.39, 0.29) is 11.6 Å². The van der Waals surface area contributed by atoms with E-state index in [1.165, 1.54) is 0 Å². The van der Waals surface area contributed by atoms with E-state index in [1.54, 1.807) is 0 Å². The van der Waals surface area contributed by atoms with Gasteiger partial charge in [-0.2, -0.15) is 0 Å². The normalized spacial score (nSPS) is 17.0. The predicted molar refractivity (Wildman–Crippen MR) is 81.6 cm³/mol. The van der Waals surface area contributed by atoms with Crippen molar-refractivity contribution >= 4 is 11.6 Å². The minimum Gasteiger partial charge on any atom is -0.368 e. The number of halogens is 2. The van der Waals surface area contributed by atoms with Gasteiger partial charge in [-0.1, -0.05) is 6.92 Å². The van der Waals surface area contributed by atoms with Gasteiger partial charge in [0, 0.05) is 19.2 Å². The number of aromatic nitrogens is 1. The highest BCUT2D eigenvalue weighted by Gasteiger charge is 2.19. The summed E-state index contributed by atoms with van der Waals surface area (Å²) in [6, 6.07) is 0.882. The third kappa shape index (κ3) is 4.27. The van der Waals surface area contributed by atoms with E-state index in [2.05, 4.69) is 27.4 Å². The molecule has 2 rings (SSSR count). The Kier molecular flexibility index (Phi) is 5.73. The first-order chi connectivity index (χ1) is 10.1. The molecule has 0 unspecified atom stereocenters. The second kappa shape index (κ2) is 7.54. The number of rotatable bonds is 6. The number of nitrogens with one attached hydrogen (secondary N) is 2. The third-order valence-electron chi connectivity index (χ3n) is 3.99. The number of hydrogen-bond donors (Lipinski definition) is 2. The zero-order chi connectivity index (χ0) is 15.2. The molecule has 2 N–H and O–H groups in total. The van der Waals surface area contributed by atoms with Crippen LogP contribution in [0.5, 0.6) is 0 Å². The molecule has 0 bridgehead atoms. The van der Waals surface area contributed by atoms with Crippen LogP contribution < -0.4 is 10.6 Å². The molecular formula is C15H24F2N4. The monoisotopic (exact) mass is 298 g/mol. The van der Waals surface area contributed by atoms with Crippen molar-refractivity contribution in [3.05, 3.63) is 17.7 Å². The van der Waals surface area contributed by atoms with Crippen molar-refractivity contribution in [3.8, 4) is 0 Å². The van der Waals surface area contributed by atoms with Crippen LogP contribution in [-0.2, 0) is 0 Å². The zero-order valence-corrected chi connectivity index (χ0v) is 12.8. The van der Waals surface area contributed by atoms with Crippen molar-refractivity contribution in [3.63, 3.8) is 0 Å². The lowest BCUT2D eigenvalue weighted by Gasteiger charge is -2.31. The Labute approximate surface area is 124 Å². The van der Waals surface area contributed by atoms with Gasteiger partial charge in [-0.05, 0) is 45.3 Å². The largest absolute Gasteiger partial charge is 0.368 e. The highest BCUT2D eigenvalue weighted by atomic mass is 19.1. The summed E-state index contributed by atoms with van der Waals surface area (Å²) in [5.74, 6) is -0.551. The quantitative estimate of drug-likeness (QED) is 0.847. The van der Waals surface area contributed by atoms with Gasteiger partial charge in [-0.25, -0.2) is 13.8 Å². The molecule has 0 aliphatic carbocycles. The molecule has 118 valence electrons. The van der Waals surface area contributed by atoms with Crippen LogP contribution in [0.4, 0.5) is 20.4 Å². The van der Waals surface area contributed by atoms with Crippen molar-refractivity contribution in [2.24, 2.45) is 5.92 Å². The highest BCUT2D eigenvalue weighted by molar-refractivity contribution is 5.47. The standard InChI is InChI=1S/C15H24F2N4/c1-3-18-14-12(16)9-13(17)15(20-14)19-10-11-5-7-21(4-2)8-6-11/h9,11H,3-8,10H2,1-2H3,(H2,18,19,20). The van der Waals surface area contributed by atoms with E-state index in [0.29, 0.717) is 19.0 Å². The SMILES string of the molecule is CCNc1nc(NCC2CCN(CC)CC2)c(F)cc1F. The molecule has 0 saturated carbocycles. The molecule has 1 fully saturated rings. The molecule has 0 spiro atoms. The minimum absolute atomic E-state index is 0.0993. The lowest BCUT2D eigenvalue weighted by Crippen LogP contribution is -2.35. The van der Waals surface area contributed by atoms with Crippen LogP contribution in [0.15, 0.2) is 6.07 Å². The van der Waals surface area contributed by atoms with E-state index in [9.17, 15) is 8.78 Å². The Morgan fingerprint density at radius 2 is 1.76 bits per heavy atom. The zero-order valence-electron chi connectivity index (χ0n) is 12.8. The molecule has 1 aliphatic rings. The van der Waals surface area contributed by atoms with E-state index in [1.807, 2.05) is 6.92 Å². The second-order valence-corrected chi connectivity index (χ2v) is 5.44. The first kappa shape index (κ1) is 15.9. The van der Waals surface area contributed by atoms with Gasteiger partial charge in [0.05, 0.1) is 0 Å². The van der Waals surface area contributed by atoms with Crippen molar-refractivity contribution in [2.75, 3.05) is 43.4 Å². The molecule has 1 aliphatic heterocycles. The fourth-order valence-corrected chi connectivity index (χ4v) is 2.63. The lowest BCUT2D eigenvalue weighted by molar-refractivity contribution is 0.198. The number of pyridine rings is 1. The molecule has 0 radical (unpaired) electrons. The highest BCUT2D eigenvalue weighted by Crippen LogP contribution is 2.21. The molecule has 21 heavy (non-hydrogen) atoms. The molecular weight excluding hydrogens is 274 g/mol. The summed E-state index contributed by atoms with van der Waals surface area (Å²) < 4.78 is 27.2. The van der Waals surface area contributed by atoms with Crippen LogP contribution in [0, 0.1) is 17.6 Å². The van der Waals surface area contributed by atoms with Gasteiger partial charge >= 0.3 is 0 Å². The molecule has 0 aromatic carbocycles. The van der Waals surface area contributed by atoms with Crippen molar-refractivity contribution < 1.29 is 8.78 Å². The van der Waals surface area contributed by atoms with Gasteiger partial charge in [0.2, 0.25) is 0 Å². The van der Waals surface area contributed by atoms with E-state index in [4.69, 9.17) is 0 Å². The van der Waals surface area contributed by atoms with Gasteiger partial charge in [0.25, 0.3) is 0 Å². The molecule has 1 aromatic rings. The topological polar surface area (TPSA) is 40.2 Å². The number of hydrogen-bond acceptors (Lipinski definition) is 4. The van der Waals surface area contributed by atoms with E-state index >= 15 is 0 Å². The molecule has 0 amide bonds. The number of anilines is 2. The molecule has 2 heterocycles. The van der Waals surface area contributed by atoms with Crippen LogP contribution in [0.2, 0.25) is 0 Å². The Balaban J connectivity index is 1.92.